The van der Waals surface area contributed by atoms with E-state index in [1.54, 1.807) is 29.8 Å². The molecule has 0 aliphatic carbocycles. The highest BCUT2D eigenvalue weighted by Gasteiger charge is 2.15. The molecule has 0 atom stereocenters. The van der Waals surface area contributed by atoms with Crippen LogP contribution in [-0.2, 0) is 36.8 Å². The summed E-state index contributed by atoms with van der Waals surface area (Å²) in [6.45, 7) is 0.346. The number of hydrogen-bond acceptors (Lipinski definition) is 5. The van der Waals surface area contributed by atoms with Crippen molar-refractivity contribution in [2.45, 2.75) is 19.6 Å². The molecule has 0 fully saturated rings. The monoisotopic (exact) mass is 376 g/mol. The van der Waals surface area contributed by atoms with Crippen molar-refractivity contribution >= 4 is 28.7 Å². The van der Waals surface area contributed by atoms with Crippen molar-refractivity contribution < 1.29 is 9.53 Å². The number of carbonyl (C=O) groups excluding carboxylic acids is 1. The molecule has 2 aromatic heterocycles. The number of fused-ring (bicyclic) bond motifs is 1. The first-order chi connectivity index (χ1) is 12.4. The first-order valence-electron chi connectivity index (χ1n) is 7.89. The third kappa shape index (κ3) is 3.41. The predicted octanol–water partition coefficient (Wildman–Crippen LogP) is 1.22. The Morgan fingerprint density at radius 2 is 2.00 bits per heavy atom. The van der Waals surface area contributed by atoms with Crippen molar-refractivity contribution in [1.29, 1.82) is 0 Å². The summed E-state index contributed by atoms with van der Waals surface area (Å²) in [7, 11) is 2.95. The fraction of sp³-hybridized carbons (Fsp3) is 0.294. The van der Waals surface area contributed by atoms with Crippen molar-refractivity contribution in [3.8, 4) is 0 Å². The number of hydrogen-bond donors (Lipinski definition) is 0. The van der Waals surface area contributed by atoms with Crippen LogP contribution in [0.5, 0.6) is 0 Å². The Bertz CT molecular complexity index is 1100. The van der Waals surface area contributed by atoms with Crippen LogP contribution in [-0.4, -0.2) is 24.7 Å². The average molecular weight is 377 g/mol. The molecule has 136 valence electrons. The molecule has 1 aromatic carbocycles. The molecular weight excluding hydrogens is 360 g/mol. The van der Waals surface area contributed by atoms with Crippen LogP contribution in [0.15, 0.2) is 40.2 Å². The van der Waals surface area contributed by atoms with Crippen LogP contribution in [0.1, 0.15) is 12.0 Å². The van der Waals surface area contributed by atoms with Crippen molar-refractivity contribution in [2.24, 2.45) is 14.1 Å². The molecule has 0 aliphatic heterocycles. The van der Waals surface area contributed by atoms with Crippen LogP contribution in [0, 0.1) is 0 Å². The number of esters is 1. The van der Waals surface area contributed by atoms with Crippen LogP contribution in [0.25, 0.3) is 11.2 Å². The normalized spacial score (nSPS) is 11.0. The number of carbonyl (C=O) groups is 1. The lowest BCUT2D eigenvalue weighted by atomic mass is 10.2. The number of ether oxygens (including phenoxy) is 1. The molecule has 26 heavy (non-hydrogen) atoms. The first kappa shape index (κ1) is 17.9. The summed E-state index contributed by atoms with van der Waals surface area (Å²) in [5.41, 5.74) is 0.451. The van der Waals surface area contributed by atoms with E-state index in [0.29, 0.717) is 5.02 Å². The minimum Gasteiger partial charge on any atom is -0.461 e. The van der Waals surface area contributed by atoms with Gasteiger partial charge in [-0.05, 0) is 17.7 Å². The van der Waals surface area contributed by atoms with E-state index in [1.165, 1.54) is 17.9 Å². The van der Waals surface area contributed by atoms with E-state index in [0.717, 1.165) is 10.1 Å². The highest BCUT2D eigenvalue weighted by atomic mass is 35.5. The largest absolute Gasteiger partial charge is 0.461 e. The van der Waals surface area contributed by atoms with Gasteiger partial charge >= 0.3 is 11.7 Å². The van der Waals surface area contributed by atoms with Crippen LogP contribution in [0.2, 0.25) is 5.02 Å². The summed E-state index contributed by atoms with van der Waals surface area (Å²) in [5.74, 6) is -0.409. The highest BCUT2D eigenvalue weighted by Crippen LogP contribution is 2.12. The zero-order chi connectivity index (χ0) is 18.8. The minimum absolute atomic E-state index is 0.0675. The maximum absolute atomic E-state index is 12.3. The Kier molecular flexibility index (Phi) is 4.94. The third-order valence-corrected chi connectivity index (χ3v) is 4.30. The van der Waals surface area contributed by atoms with E-state index in [1.807, 2.05) is 6.07 Å². The molecule has 2 heterocycles. The lowest BCUT2D eigenvalue weighted by molar-refractivity contribution is -0.145. The zero-order valence-electron chi connectivity index (χ0n) is 14.3. The summed E-state index contributed by atoms with van der Waals surface area (Å²) < 4.78 is 9.08. The zero-order valence-corrected chi connectivity index (χ0v) is 15.1. The molecule has 0 saturated carbocycles. The Labute approximate surface area is 153 Å². The van der Waals surface area contributed by atoms with Gasteiger partial charge in [0.25, 0.3) is 5.56 Å². The maximum Gasteiger partial charge on any atom is 0.332 e. The number of nitrogens with zero attached hydrogens (tertiary/aromatic N) is 4. The summed E-state index contributed by atoms with van der Waals surface area (Å²) in [5, 5.41) is 0.574. The number of aryl methyl sites for hydroxylation is 2. The fourth-order valence-electron chi connectivity index (χ4n) is 2.64. The van der Waals surface area contributed by atoms with Crippen LogP contribution >= 0.6 is 11.6 Å². The predicted molar refractivity (Wildman–Crippen MR) is 96.1 cm³/mol. The molecule has 3 aromatic rings. The smallest absolute Gasteiger partial charge is 0.332 e. The van der Waals surface area contributed by atoms with Crippen molar-refractivity contribution in [3.63, 3.8) is 0 Å². The van der Waals surface area contributed by atoms with Crippen LogP contribution < -0.4 is 11.2 Å². The number of halogens is 1. The maximum atomic E-state index is 12.3. The van der Waals surface area contributed by atoms with E-state index in [2.05, 4.69) is 4.98 Å². The Morgan fingerprint density at radius 3 is 2.73 bits per heavy atom. The van der Waals surface area contributed by atoms with Crippen molar-refractivity contribution in [2.75, 3.05) is 0 Å². The van der Waals surface area contributed by atoms with Crippen molar-refractivity contribution in [3.05, 3.63) is 62.0 Å². The molecular formula is C17H17ClN4O4. The van der Waals surface area contributed by atoms with Gasteiger partial charge in [0.2, 0.25) is 0 Å². The molecule has 0 radical (unpaired) electrons. The molecule has 0 aliphatic rings. The molecule has 9 heteroatoms. The Hall–Kier alpha value is -2.87. The van der Waals surface area contributed by atoms with Gasteiger partial charge in [0.05, 0.1) is 12.7 Å². The average Bonchev–Trinajstić information content (AvgIpc) is 3.05. The van der Waals surface area contributed by atoms with Gasteiger partial charge in [-0.25, -0.2) is 9.78 Å². The van der Waals surface area contributed by atoms with Crippen LogP contribution in [0.3, 0.4) is 0 Å². The van der Waals surface area contributed by atoms with Gasteiger partial charge in [0.15, 0.2) is 11.2 Å². The SMILES string of the molecule is Cn1c(=O)c2c(ncn2CCC(=O)OCc2cccc(Cl)c2)n(C)c1=O. The molecule has 8 nitrogen and oxygen atoms in total. The summed E-state index contributed by atoms with van der Waals surface area (Å²) in [6.07, 6.45) is 1.51. The second-order valence-corrected chi connectivity index (χ2v) is 6.29. The summed E-state index contributed by atoms with van der Waals surface area (Å²) in [4.78, 5) is 40.3. The molecule has 0 saturated heterocycles. The van der Waals surface area contributed by atoms with E-state index in [9.17, 15) is 14.4 Å². The molecule has 3 rings (SSSR count). The summed E-state index contributed by atoms with van der Waals surface area (Å²) >= 11 is 5.89. The lowest BCUT2D eigenvalue weighted by Crippen LogP contribution is -2.37. The van der Waals surface area contributed by atoms with Crippen molar-refractivity contribution in [1.82, 2.24) is 18.7 Å². The van der Waals surface area contributed by atoms with E-state index in [-0.39, 0.29) is 30.7 Å². The second kappa shape index (κ2) is 7.17. The van der Waals surface area contributed by atoms with Crippen LogP contribution in [0.4, 0.5) is 0 Å². The number of imidazole rings is 1. The summed E-state index contributed by atoms with van der Waals surface area (Å²) in [6, 6.07) is 7.06. The molecule has 0 spiro atoms. The number of benzene rings is 1. The standard InChI is InChI=1S/C17H17ClN4O4/c1-20-15-14(16(24)21(2)17(20)25)22(10-19-15)7-6-13(23)26-9-11-4-3-5-12(18)8-11/h3-5,8,10H,6-7,9H2,1-2H3. The second-order valence-electron chi connectivity index (χ2n) is 5.86. The van der Waals surface area contributed by atoms with E-state index < -0.39 is 17.2 Å². The number of rotatable bonds is 5. The van der Waals surface area contributed by atoms with Gasteiger partial charge in [-0.15, -0.1) is 0 Å². The minimum atomic E-state index is -0.451. The highest BCUT2D eigenvalue weighted by molar-refractivity contribution is 6.30. The van der Waals surface area contributed by atoms with Gasteiger partial charge in [0, 0.05) is 25.7 Å². The third-order valence-electron chi connectivity index (χ3n) is 4.06. The molecule has 0 bridgehead atoms. The quantitative estimate of drug-likeness (QED) is 0.625. The van der Waals surface area contributed by atoms with Gasteiger partial charge in [-0.1, -0.05) is 23.7 Å². The molecule has 0 unspecified atom stereocenters. The van der Waals surface area contributed by atoms with Gasteiger partial charge < -0.3 is 9.30 Å². The van der Waals surface area contributed by atoms with E-state index >= 15 is 0 Å². The fourth-order valence-corrected chi connectivity index (χ4v) is 2.85. The molecule has 0 amide bonds. The van der Waals surface area contributed by atoms with Gasteiger partial charge in [-0.2, -0.15) is 0 Å². The van der Waals surface area contributed by atoms with Gasteiger partial charge in [-0.3, -0.25) is 18.7 Å². The lowest BCUT2D eigenvalue weighted by Gasteiger charge is -2.07. The van der Waals surface area contributed by atoms with Gasteiger partial charge in [0.1, 0.15) is 6.61 Å². The molecule has 0 N–H and O–H groups in total. The first-order valence-corrected chi connectivity index (χ1v) is 8.27. The Balaban J connectivity index is 1.71. The Morgan fingerprint density at radius 1 is 1.23 bits per heavy atom. The van der Waals surface area contributed by atoms with E-state index in [4.69, 9.17) is 16.3 Å². The number of aromatic nitrogens is 4. The topological polar surface area (TPSA) is 88.1 Å².